The molecule has 6 heteroatoms. The minimum Gasteiger partial charge on any atom is -0.396 e. The highest BCUT2D eigenvalue weighted by Gasteiger charge is 2.31. The highest BCUT2D eigenvalue weighted by atomic mass is 16.6. The Kier molecular flexibility index (Phi) is 3.96. The first kappa shape index (κ1) is 14.1. The zero-order valence-corrected chi connectivity index (χ0v) is 12.0. The molecule has 3 rings (SSSR count). The molecule has 3 N–H and O–H groups in total. The Balaban J connectivity index is 1.90. The fraction of sp³-hybridized carbons (Fsp3) is 0.600. The third-order valence-corrected chi connectivity index (χ3v) is 4.67. The van der Waals surface area contributed by atoms with Crippen molar-refractivity contribution in [2.75, 3.05) is 23.8 Å². The van der Waals surface area contributed by atoms with E-state index in [-0.39, 0.29) is 23.3 Å². The Morgan fingerprint density at radius 1 is 1.43 bits per heavy atom. The Bertz CT molecular complexity index is 547. The molecule has 0 radical (unpaired) electrons. The minimum atomic E-state index is -0.309. The Labute approximate surface area is 123 Å². The molecular weight excluding hydrogens is 270 g/mol. The SMILES string of the molecule is O=[N+]([O-])c1ccc2c(c1N[C@H]1CCC[C@@H]1CCO)CCN2. The third-order valence-electron chi connectivity index (χ3n) is 4.67. The van der Waals surface area contributed by atoms with Crippen molar-refractivity contribution in [1.82, 2.24) is 0 Å². The number of nitro groups is 1. The summed E-state index contributed by atoms with van der Waals surface area (Å²) in [4.78, 5) is 11.0. The second-order valence-electron chi connectivity index (χ2n) is 5.87. The molecule has 1 aliphatic heterocycles. The smallest absolute Gasteiger partial charge is 0.292 e. The molecule has 0 amide bonds. The molecule has 1 aliphatic carbocycles. The molecule has 0 bridgehead atoms. The van der Waals surface area contributed by atoms with Gasteiger partial charge >= 0.3 is 0 Å². The van der Waals surface area contributed by atoms with E-state index in [4.69, 9.17) is 5.11 Å². The predicted molar refractivity (Wildman–Crippen MR) is 81.7 cm³/mol. The zero-order chi connectivity index (χ0) is 14.8. The molecule has 1 fully saturated rings. The summed E-state index contributed by atoms with van der Waals surface area (Å²) >= 11 is 0. The first-order valence-corrected chi connectivity index (χ1v) is 7.62. The average molecular weight is 291 g/mol. The minimum absolute atomic E-state index is 0.159. The molecule has 1 saturated carbocycles. The summed E-state index contributed by atoms with van der Waals surface area (Å²) < 4.78 is 0. The predicted octanol–water partition coefficient (Wildman–Crippen LogP) is 2.53. The normalized spacial score (nSPS) is 23.7. The summed E-state index contributed by atoms with van der Waals surface area (Å²) in [6, 6.07) is 3.60. The maximum atomic E-state index is 11.3. The number of anilines is 2. The first-order valence-electron chi connectivity index (χ1n) is 7.62. The van der Waals surface area contributed by atoms with E-state index in [1.54, 1.807) is 12.1 Å². The lowest BCUT2D eigenvalue weighted by Crippen LogP contribution is -2.25. The van der Waals surface area contributed by atoms with Gasteiger partial charge in [-0.1, -0.05) is 6.42 Å². The van der Waals surface area contributed by atoms with Crippen LogP contribution in [0.2, 0.25) is 0 Å². The molecule has 6 nitrogen and oxygen atoms in total. The van der Waals surface area contributed by atoms with Gasteiger partial charge in [0.1, 0.15) is 5.69 Å². The quantitative estimate of drug-likeness (QED) is 0.573. The molecule has 2 atom stereocenters. The van der Waals surface area contributed by atoms with E-state index < -0.39 is 0 Å². The van der Waals surface area contributed by atoms with Crippen LogP contribution in [0.25, 0.3) is 0 Å². The Morgan fingerprint density at radius 2 is 2.29 bits per heavy atom. The molecule has 0 aromatic heterocycles. The van der Waals surface area contributed by atoms with Gasteiger partial charge in [-0.3, -0.25) is 10.1 Å². The number of aliphatic hydroxyl groups is 1. The van der Waals surface area contributed by atoms with E-state index in [0.29, 0.717) is 11.6 Å². The molecule has 1 aromatic carbocycles. The van der Waals surface area contributed by atoms with Crippen LogP contribution in [0.1, 0.15) is 31.2 Å². The number of rotatable bonds is 5. The van der Waals surface area contributed by atoms with Gasteiger partial charge in [-0.05, 0) is 37.7 Å². The van der Waals surface area contributed by atoms with Gasteiger partial charge in [-0.2, -0.15) is 0 Å². The van der Waals surface area contributed by atoms with E-state index in [2.05, 4.69) is 10.6 Å². The molecule has 1 heterocycles. The number of aliphatic hydroxyl groups excluding tert-OH is 1. The molecule has 21 heavy (non-hydrogen) atoms. The molecule has 0 saturated heterocycles. The highest BCUT2D eigenvalue weighted by Crippen LogP contribution is 2.40. The van der Waals surface area contributed by atoms with Gasteiger partial charge in [0, 0.05) is 36.5 Å². The standard InChI is InChI=1S/C15H21N3O3/c19-9-7-10-2-1-3-12(10)17-15-11-6-8-16-13(11)4-5-14(15)18(20)21/h4-5,10,12,16-17,19H,1-3,6-9H2/t10-,12+/m1/s1. The van der Waals surface area contributed by atoms with Gasteiger partial charge in [0.25, 0.3) is 5.69 Å². The van der Waals surface area contributed by atoms with Crippen molar-refractivity contribution in [3.63, 3.8) is 0 Å². The summed E-state index contributed by atoms with van der Waals surface area (Å²) in [6.07, 6.45) is 4.79. The Morgan fingerprint density at radius 3 is 3.05 bits per heavy atom. The fourth-order valence-corrected chi connectivity index (χ4v) is 3.62. The van der Waals surface area contributed by atoms with Crippen LogP contribution in [0.5, 0.6) is 0 Å². The number of hydrogen-bond donors (Lipinski definition) is 3. The molecule has 0 unspecified atom stereocenters. The van der Waals surface area contributed by atoms with Crippen LogP contribution in [0, 0.1) is 16.0 Å². The third kappa shape index (κ3) is 2.68. The lowest BCUT2D eigenvalue weighted by molar-refractivity contribution is -0.384. The Hall–Kier alpha value is -1.82. The van der Waals surface area contributed by atoms with E-state index in [1.807, 2.05) is 0 Å². The maximum absolute atomic E-state index is 11.3. The topological polar surface area (TPSA) is 87.4 Å². The van der Waals surface area contributed by atoms with Gasteiger partial charge in [-0.25, -0.2) is 0 Å². The summed E-state index contributed by atoms with van der Waals surface area (Å²) in [6.45, 7) is 1.01. The van der Waals surface area contributed by atoms with Crippen LogP contribution in [-0.4, -0.2) is 29.2 Å². The van der Waals surface area contributed by atoms with Crippen molar-refractivity contribution in [2.24, 2.45) is 5.92 Å². The number of fused-ring (bicyclic) bond motifs is 1. The second-order valence-corrected chi connectivity index (χ2v) is 5.87. The van der Waals surface area contributed by atoms with Gasteiger partial charge in [0.05, 0.1) is 4.92 Å². The van der Waals surface area contributed by atoms with Crippen LogP contribution < -0.4 is 10.6 Å². The van der Waals surface area contributed by atoms with E-state index in [9.17, 15) is 10.1 Å². The summed E-state index contributed by atoms with van der Waals surface area (Å²) in [5.41, 5.74) is 2.86. The molecule has 114 valence electrons. The van der Waals surface area contributed by atoms with Gasteiger partial charge < -0.3 is 15.7 Å². The van der Waals surface area contributed by atoms with Gasteiger partial charge in [0.15, 0.2) is 0 Å². The number of benzene rings is 1. The van der Waals surface area contributed by atoms with Gasteiger partial charge in [0.2, 0.25) is 0 Å². The van der Waals surface area contributed by atoms with Crippen LogP contribution in [0.15, 0.2) is 12.1 Å². The van der Waals surface area contributed by atoms with E-state index >= 15 is 0 Å². The zero-order valence-electron chi connectivity index (χ0n) is 12.0. The van der Waals surface area contributed by atoms with Crippen molar-refractivity contribution >= 4 is 17.1 Å². The monoisotopic (exact) mass is 291 g/mol. The number of hydrogen-bond acceptors (Lipinski definition) is 5. The molecular formula is C15H21N3O3. The highest BCUT2D eigenvalue weighted by molar-refractivity contribution is 5.77. The van der Waals surface area contributed by atoms with Crippen molar-refractivity contribution in [2.45, 2.75) is 38.1 Å². The first-order chi connectivity index (χ1) is 10.2. The molecule has 1 aromatic rings. The van der Waals surface area contributed by atoms with Crippen LogP contribution in [0.4, 0.5) is 17.1 Å². The van der Waals surface area contributed by atoms with Crippen LogP contribution in [0.3, 0.4) is 0 Å². The molecule has 2 aliphatic rings. The molecule has 0 spiro atoms. The van der Waals surface area contributed by atoms with E-state index in [0.717, 1.165) is 49.9 Å². The fourth-order valence-electron chi connectivity index (χ4n) is 3.62. The van der Waals surface area contributed by atoms with Crippen molar-refractivity contribution in [3.8, 4) is 0 Å². The van der Waals surface area contributed by atoms with Gasteiger partial charge in [-0.15, -0.1) is 0 Å². The largest absolute Gasteiger partial charge is 0.396 e. The summed E-state index contributed by atoms with van der Waals surface area (Å²) in [5, 5.41) is 27.2. The lowest BCUT2D eigenvalue weighted by Gasteiger charge is -2.22. The number of nitro benzene ring substituents is 1. The van der Waals surface area contributed by atoms with Crippen molar-refractivity contribution in [3.05, 3.63) is 27.8 Å². The second kappa shape index (κ2) is 5.89. The van der Waals surface area contributed by atoms with Crippen molar-refractivity contribution in [1.29, 1.82) is 0 Å². The average Bonchev–Trinajstić information content (AvgIpc) is 3.08. The summed E-state index contributed by atoms with van der Waals surface area (Å²) in [7, 11) is 0. The van der Waals surface area contributed by atoms with E-state index in [1.165, 1.54) is 0 Å². The summed E-state index contributed by atoms with van der Waals surface area (Å²) in [5.74, 6) is 0.403. The van der Waals surface area contributed by atoms with Crippen LogP contribution in [-0.2, 0) is 6.42 Å². The van der Waals surface area contributed by atoms with Crippen molar-refractivity contribution < 1.29 is 10.0 Å². The number of nitrogens with zero attached hydrogens (tertiary/aromatic N) is 1. The van der Waals surface area contributed by atoms with Crippen LogP contribution >= 0.6 is 0 Å². The number of nitrogens with one attached hydrogen (secondary N) is 2. The lowest BCUT2D eigenvalue weighted by atomic mass is 9.98. The maximum Gasteiger partial charge on any atom is 0.292 e.